The second-order valence-electron chi connectivity index (χ2n) is 6.84. The Morgan fingerprint density at radius 2 is 1.83 bits per heavy atom. The fourth-order valence-corrected chi connectivity index (χ4v) is 3.84. The maximum Gasteiger partial charge on any atom is 0.161 e. The Balaban J connectivity index is 1.60. The van der Waals surface area contributed by atoms with Crippen molar-refractivity contribution < 1.29 is 9.47 Å². The second kappa shape index (κ2) is 6.31. The summed E-state index contributed by atoms with van der Waals surface area (Å²) in [6.45, 7) is 0.551. The number of nitrogens with zero attached hydrogens (tertiary/aromatic N) is 1. The van der Waals surface area contributed by atoms with Crippen molar-refractivity contribution in [3.8, 4) is 11.5 Å². The molecule has 3 heteroatoms. The highest BCUT2D eigenvalue weighted by atomic mass is 16.5. The van der Waals surface area contributed by atoms with Crippen molar-refractivity contribution in [2.24, 2.45) is 4.99 Å². The molecule has 0 bridgehead atoms. The van der Waals surface area contributed by atoms with Crippen molar-refractivity contribution in [3.63, 3.8) is 0 Å². The first-order chi connectivity index (χ1) is 11.8. The maximum atomic E-state index is 6.06. The molecule has 124 valence electrons. The van der Waals surface area contributed by atoms with Gasteiger partial charge in [0.15, 0.2) is 11.5 Å². The van der Waals surface area contributed by atoms with Crippen LogP contribution in [0.4, 0.5) is 0 Å². The van der Waals surface area contributed by atoms with Crippen LogP contribution < -0.4 is 9.47 Å². The van der Waals surface area contributed by atoms with E-state index < -0.39 is 0 Å². The number of rotatable bonds is 4. The standard InChI is InChI=1S/C21H23NO2/c1-23-19-12-18-14-22-21(9-5-6-10-21)13-17(18)11-20(19)24-15-16-7-3-2-4-8-16/h2-4,7-8,11-12,14H,5-6,9-10,13,15H2,1H3. The van der Waals surface area contributed by atoms with Gasteiger partial charge in [-0.3, -0.25) is 4.99 Å². The van der Waals surface area contributed by atoms with Crippen molar-refractivity contribution in [2.75, 3.05) is 7.11 Å². The van der Waals surface area contributed by atoms with Gasteiger partial charge in [-0.15, -0.1) is 0 Å². The molecule has 1 spiro atoms. The Kier molecular flexibility index (Phi) is 4.01. The molecular weight excluding hydrogens is 298 g/mol. The third-order valence-corrected chi connectivity index (χ3v) is 5.19. The molecule has 0 radical (unpaired) electrons. The third-order valence-electron chi connectivity index (χ3n) is 5.19. The van der Waals surface area contributed by atoms with Crippen LogP contribution in [0.3, 0.4) is 0 Å². The van der Waals surface area contributed by atoms with Crippen molar-refractivity contribution >= 4 is 6.21 Å². The molecule has 24 heavy (non-hydrogen) atoms. The van der Waals surface area contributed by atoms with Crippen LogP contribution >= 0.6 is 0 Å². The quantitative estimate of drug-likeness (QED) is 0.826. The summed E-state index contributed by atoms with van der Waals surface area (Å²) in [6.07, 6.45) is 8.04. The molecule has 1 aliphatic carbocycles. The Bertz CT molecular complexity index is 746. The summed E-state index contributed by atoms with van der Waals surface area (Å²) in [5.41, 5.74) is 3.79. The topological polar surface area (TPSA) is 30.8 Å². The Morgan fingerprint density at radius 1 is 1.04 bits per heavy atom. The van der Waals surface area contributed by atoms with Crippen LogP contribution in [0, 0.1) is 0 Å². The summed E-state index contributed by atoms with van der Waals surface area (Å²) < 4.78 is 11.6. The minimum atomic E-state index is 0.137. The maximum absolute atomic E-state index is 6.06. The minimum Gasteiger partial charge on any atom is -0.493 e. The van der Waals surface area contributed by atoms with Gasteiger partial charge in [0.25, 0.3) is 0 Å². The molecule has 0 unspecified atom stereocenters. The van der Waals surface area contributed by atoms with E-state index >= 15 is 0 Å². The molecule has 2 aliphatic rings. The fourth-order valence-electron chi connectivity index (χ4n) is 3.84. The van der Waals surface area contributed by atoms with Gasteiger partial charge in [0.2, 0.25) is 0 Å². The van der Waals surface area contributed by atoms with Crippen molar-refractivity contribution in [3.05, 3.63) is 59.2 Å². The molecule has 3 nitrogen and oxygen atoms in total. The SMILES string of the molecule is COc1cc2c(cc1OCc1ccccc1)CC1(CCCC1)N=C2. The lowest BCUT2D eigenvalue weighted by molar-refractivity contribution is 0.283. The van der Waals surface area contributed by atoms with Gasteiger partial charge < -0.3 is 9.47 Å². The first-order valence-electron chi connectivity index (χ1n) is 8.71. The van der Waals surface area contributed by atoms with E-state index in [0.29, 0.717) is 6.61 Å². The average molecular weight is 321 g/mol. The van der Waals surface area contributed by atoms with Crippen LogP contribution in [0.15, 0.2) is 47.5 Å². The monoisotopic (exact) mass is 321 g/mol. The van der Waals surface area contributed by atoms with Crippen LogP contribution in [-0.2, 0) is 13.0 Å². The molecule has 0 amide bonds. The van der Waals surface area contributed by atoms with Crippen molar-refractivity contribution in [2.45, 2.75) is 44.2 Å². The smallest absolute Gasteiger partial charge is 0.161 e. The summed E-state index contributed by atoms with van der Waals surface area (Å²) >= 11 is 0. The van der Waals surface area contributed by atoms with Gasteiger partial charge in [0.05, 0.1) is 12.6 Å². The van der Waals surface area contributed by atoms with Gasteiger partial charge in [-0.05, 0) is 48.1 Å². The van der Waals surface area contributed by atoms with Crippen LogP contribution in [-0.4, -0.2) is 18.9 Å². The Morgan fingerprint density at radius 3 is 2.58 bits per heavy atom. The van der Waals surface area contributed by atoms with Gasteiger partial charge in [-0.25, -0.2) is 0 Å². The van der Waals surface area contributed by atoms with Gasteiger partial charge in [-0.1, -0.05) is 43.2 Å². The molecule has 0 atom stereocenters. The summed E-state index contributed by atoms with van der Waals surface area (Å²) in [4.78, 5) is 4.88. The molecule has 2 aromatic carbocycles. The third kappa shape index (κ3) is 2.91. The Labute approximate surface area is 143 Å². The number of ether oxygens (including phenoxy) is 2. The molecule has 1 aliphatic heterocycles. The van der Waals surface area contributed by atoms with Gasteiger partial charge >= 0.3 is 0 Å². The van der Waals surface area contributed by atoms with Crippen molar-refractivity contribution in [1.82, 2.24) is 0 Å². The highest BCUT2D eigenvalue weighted by molar-refractivity contribution is 5.85. The number of aliphatic imine (C=N–C) groups is 1. The average Bonchev–Trinajstić information content (AvgIpc) is 3.08. The molecule has 4 rings (SSSR count). The summed E-state index contributed by atoms with van der Waals surface area (Å²) in [7, 11) is 1.69. The van der Waals surface area contributed by atoms with Crippen molar-refractivity contribution in [1.29, 1.82) is 0 Å². The molecular formula is C21H23NO2. The molecule has 1 fully saturated rings. The van der Waals surface area contributed by atoms with Crippen LogP contribution in [0.2, 0.25) is 0 Å². The fraction of sp³-hybridized carbons (Fsp3) is 0.381. The van der Waals surface area contributed by atoms with E-state index in [0.717, 1.165) is 29.0 Å². The summed E-state index contributed by atoms with van der Waals surface area (Å²) in [5.74, 6) is 1.60. The highest BCUT2D eigenvalue weighted by Gasteiger charge is 2.36. The number of benzene rings is 2. The van der Waals surface area contributed by atoms with E-state index in [1.54, 1.807) is 7.11 Å². The minimum absolute atomic E-state index is 0.137. The van der Waals surface area contributed by atoms with E-state index in [-0.39, 0.29) is 5.54 Å². The lowest BCUT2D eigenvalue weighted by Crippen LogP contribution is -2.29. The van der Waals surface area contributed by atoms with Gasteiger partial charge in [0.1, 0.15) is 6.61 Å². The van der Waals surface area contributed by atoms with Crippen LogP contribution in [0.25, 0.3) is 0 Å². The normalized spacial score (nSPS) is 17.7. The number of hydrogen-bond acceptors (Lipinski definition) is 3. The molecule has 2 aromatic rings. The van der Waals surface area contributed by atoms with E-state index in [1.165, 1.54) is 31.2 Å². The first kappa shape index (κ1) is 15.3. The van der Waals surface area contributed by atoms with Crippen LogP contribution in [0.1, 0.15) is 42.4 Å². The van der Waals surface area contributed by atoms with E-state index in [2.05, 4.69) is 24.3 Å². The first-order valence-corrected chi connectivity index (χ1v) is 8.71. The molecule has 1 saturated carbocycles. The van der Waals surface area contributed by atoms with E-state index in [4.69, 9.17) is 14.5 Å². The van der Waals surface area contributed by atoms with Gasteiger partial charge in [0, 0.05) is 6.21 Å². The van der Waals surface area contributed by atoms with Crippen LogP contribution in [0.5, 0.6) is 11.5 Å². The lowest BCUT2D eigenvalue weighted by atomic mass is 9.85. The molecule has 1 heterocycles. The predicted molar refractivity (Wildman–Crippen MR) is 96.3 cm³/mol. The zero-order valence-electron chi connectivity index (χ0n) is 14.1. The number of methoxy groups -OCH3 is 1. The predicted octanol–water partition coefficient (Wildman–Crippen LogP) is 4.56. The second-order valence-corrected chi connectivity index (χ2v) is 6.84. The molecule has 0 aromatic heterocycles. The number of hydrogen-bond donors (Lipinski definition) is 0. The zero-order valence-corrected chi connectivity index (χ0v) is 14.1. The highest BCUT2D eigenvalue weighted by Crippen LogP contribution is 2.41. The van der Waals surface area contributed by atoms with Gasteiger partial charge in [-0.2, -0.15) is 0 Å². The largest absolute Gasteiger partial charge is 0.493 e. The van der Waals surface area contributed by atoms with E-state index in [9.17, 15) is 0 Å². The molecule has 0 saturated heterocycles. The summed E-state index contributed by atoms with van der Waals surface area (Å²) in [6, 6.07) is 14.4. The molecule has 0 N–H and O–H groups in total. The Hall–Kier alpha value is -2.29. The number of fused-ring (bicyclic) bond motifs is 1. The zero-order chi connectivity index (χ0) is 16.4. The van der Waals surface area contributed by atoms with E-state index in [1.807, 2.05) is 24.4 Å². The lowest BCUT2D eigenvalue weighted by Gasteiger charge is -2.29. The summed E-state index contributed by atoms with van der Waals surface area (Å²) in [5, 5.41) is 0.